The highest BCUT2D eigenvalue weighted by molar-refractivity contribution is 6.31. The molecule has 0 bridgehead atoms. The quantitative estimate of drug-likeness (QED) is 0.413. The van der Waals surface area contributed by atoms with Crippen molar-refractivity contribution in [1.82, 2.24) is 0 Å². The molecule has 0 radical (unpaired) electrons. The first kappa shape index (κ1) is 22.5. The Kier molecular flexibility index (Phi) is 7.79. The van der Waals surface area contributed by atoms with Crippen LogP contribution >= 0.6 is 11.6 Å². The summed E-state index contributed by atoms with van der Waals surface area (Å²) in [4.78, 5) is 11.8. The summed E-state index contributed by atoms with van der Waals surface area (Å²) < 4.78 is 16.5. The van der Waals surface area contributed by atoms with Crippen LogP contribution in [0.5, 0.6) is 11.5 Å². The van der Waals surface area contributed by atoms with Gasteiger partial charge in [0, 0.05) is 23.3 Å². The Morgan fingerprint density at radius 1 is 1.03 bits per heavy atom. The number of carbonyl (C=O) groups is 1. The van der Waals surface area contributed by atoms with Crippen LogP contribution in [0.1, 0.15) is 34.0 Å². The normalized spacial score (nSPS) is 10.5. The van der Waals surface area contributed by atoms with Crippen molar-refractivity contribution in [1.29, 1.82) is 0 Å². The van der Waals surface area contributed by atoms with E-state index in [1.807, 2.05) is 43.3 Å². The van der Waals surface area contributed by atoms with Crippen LogP contribution in [0.3, 0.4) is 0 Å². The lowest BCUT2D eigenvalue weighted by molar-refractivity contribution is 0.0526. The Hall–Kier alpha value is -3.18. The molecule has 3 rings (SSSR count). The Morgan fingerprint density at radius 3 is 2.48 bits per heavy atom. The summed E-state index contributed by atoms with van der Waals surface area (Å²) >= 11 is 6.50. The van der Waals surface area contributed by atoms with Gasteiger partial charge in [-0.25, -0.2) is 4.79 Å². The molecule has 0 unspecified atom stereocenters. The molecule has 0 atom stereocenters. The Balaban J connectivity index is 1.66. The molecule has 162 valence electrons. The van der Waals surface area contributed by atoms with E-state index in [9.17, 15) is 4.79 Å². The van der Waals surface area contributed by atoms with Gasteiger partial charge in [-0.3, -0.25) is 0 Å². The van der Waals surface area contributed by atoms with Gasteiger partial charge in [0.05, 0.1) is 19.3 Å². The van der Waals surface area contributed by atoms with E-state index in [0.717, 1.165) is 16.8 Å². The van der Waals surface area contributed by atoms with Crippen LogP contribution in [0.2, 0.25) is 5.02 Å². The second kappa shape index (κ2) is 10.7. The van der Waals surface area contributed by atoms with Crippen LogP contribution < -0.4 is 14.8 Å². The van der Waals surface area contributed by atoms with Crippen molar-refractivity contribution in [2.24, 2.45) is 0 Å². The van der Waals surface area contributed by atoms with E-state index in [0.29, 0.717) is 41.8 Å². The minimum absolute atomic E-state index is 0.330. The number of carbonyl (C=O) groups excluding carboxylic acids is 1. The maximum Gasteiger partial charge on any atom is 0.338 e. The van der Waals surface area contributed by atoms with Gasteiger partial charge in [0.2, 0.25) is 0 Å². The number of hydrogen-bond donors (Lipinski definition) is 1. The number of methoxy groups -OCH3 is 1. The van der Waals surface area contributed by atoms with E-state index in [-0.39, 0.29) is 5.97 Å². The summed E-state index contributed by atoms with van der Waals surface area (Å²) in [5.41, 5.74) is 4.51. The summed E-state index contributed by atoms with van der Waals surface area (Å²) in [5, 5.41) is 3.88. The van der Waals surface area contributed by atoms with Crippen molar-refractivity contribution in [2.45, 2.75) is 27.0 Å². The number of rotatable bonds is 9. The number of ether oxygens (including phenoxy) is 3. The predicted molar refractivity (Wildman–Crippen MR) is 123 cm³/mol. The zero-order valence-corrected chi connectivity index (χ0v) is 18.7. The van der Waals surface area contributed by atoms with E-state index >= 15 is 0 Å². The second-order valence-corrected chi connectivity index (χ2v) is 7.43. The molecular weight excluding hydrogens is 414 g/mol. The lowest BCUT2D eigenvalue weighted by Gasteiger charge is -2.15. The lowest BCUT2D eigenvalue weighted by Crippen LogP contribution is -2.05. The Bertz CT molecular complexity index is 1030. The predicted octanol–water partition coefficient (Wildman–Crippen LogP) is 6.02. The zero-order valence-electron chi connectivity index (χ0n) is 17.9. The molecule has 0 spiro atoms. The SMILES string of the molecule is CCOC(=O)c1ccc(NCc2cc(OC)c(OCc3cccc(C)c3)cc2Cl)cc1. The molecule has 0 aliphatic carbocycles. The highest BCUT2D eigenvalue weighted by Crippen LogP contribution is 2.34. The van der Waals surface area contributed by atoms with Crippen molar-refractivity contribution in [3.63, 3.8) is 0 Å². The maximum absolute atomic E-state index is 11.8. The van der Waals surface area contributed by atoms with Gasteiger partial charge < -0.3 is 19.5 Å². The van der Waals surface area contributed by atoms with Crippen molar-refractivity contribution in [3.8, 4) is 11.5 Å². The zero-order chi connectivity index (χ0) is 22.2. The molecule has 0 saturated heterocycles. The van der Waals surface area contributed by atoms with Crippen LogP contribution in [0.4, 0.5) is 5.69 Å². The molecule has 3 aromatic rings. The molecule has 0 amide bonds. The molecule has 5 nitrogen and oxygen atoms in total. The number of esters is 1. The average Bonchev–Trinajstić information content (AvgIpc) is 2.77. The third-order valence-electron chi connectivity index (χ3n) is 4.69. The first-order valence-electron chi connectivity index (χ1n) is 10.1. The van der Waals surface area contributed by atoms with E-state index in [1.54, 1.807) is 32.2 Å². The third kappa shape index (κ3) is 6.15. The van der Waals surface area contributed by atoms with Gasteiger partial charge in [-0.15, -0.1) is 0 Å². The number of benzene rings is 3. The fraction of sp³-hybridized carbons (Fsp3) is 0.240. The molecule has 1 N–H and O–H groups in total. The summed E-state index contributed by atoms with van der Waals surface area (Å²) in [6.07, 6.45) is 0. The van der Waals surface area contributed by atoms with Crippen molar-refractivity contribution in [3.05, 3.63) is 87.9 Å². The van der Waals surface area contributed by atoms with Gasteiger partial charge in [0.25, 0.3) is 0 Å². The molecule has 3 aromatic carbocycles. The average molecular weight is 440 g/mol. The van der Waals surface area contributed by atoms with Gasteiger partial charge in [0.1, 0.15) is 6.61 Å². The van der Waals surface area contributed by atoms with Crippen LogP contribution in [-0.2, 0) is 17.9 Å². The Labute approximate surface area is 187 Å². The van der Waals surface area contributed by atoms with E-state index in [2.05, 4.69) is 11.4 Å². The molecular formula is C25H26ClNO4. The standard InChI is InChI=1S/C25H26ClNO4/c1-4-30-25(28)19-8-10-21(11-9-19)27-15-20-13-23(29-3)24(14-22(20)26)31-16-18-7-5-6-17(2)12-18/h5-14,27H,4,15-16H2,1-3H3. The van der Waals surface area contributed by atoms with Gasteiger partial charge >= 0.3 is 5.97 Å². The minimum atomic E-state index is -0.330. The molecule has 31 heavy (non-hydrogen) atoms. The van der Waals surface area contributed by atoms with Gasteiger partial charge in [-0.05, 0) is 55.3 Å². The minimum Gasteiger partial charge on any atom is -0.493 e. The van der Waals surface area contributed by atoms with Crippen molar-refractivity contribution in [2.75, 3.05) is 19.0 Å². The maximum atomic E-state index is 11.8. The highest BCUT2D eigenvalue weighted by atomic mass is 35.5. The number of hydrogen-bond acceptors (Lipinski definition) is 5. The van der Waals surface area contributed by atoms with Crippen molar-refractivity contribution >= 4 is 23.3 Å². The molecule has 0 aliphatic rings. The highest BCUT2D eigenvalue weighted by Gasteiger charge is 2.12. The first-order valence-corrected chi connectivity index (χ1v) is 10.4. The van der Waals surface area contributed by atoms with Gasteiger partial charge in [-0.2, -0.15) is 0 Å². The summed E-state index contributed by atoms with van der Waals surface area (Å²) in [7, 11) is 1.61. The number of halogens is 1. The van der Waals surface area contributed by atoms with Crippen molar-refractivity contribution < 1.29 is 19.0 Å². The van der Waals surface area contributed by atoms with Crippen LogP contribution in [0, 0.1) is 6.92 Å². The van der Waals surface area contributed by atoms with Crippen LogP contribution in [-0.4, -0.2) is 19.7 Å². The molecule has 0 saturated carbocycles. The second-order valence-electron chi connectivity index (χ2n) is 7.02. The van der Waals surface area contributed by atoms with E-state index < -0.39 is 0 Å². The topological polar surface area (TPSA) is 56.8 Å². The van der Waals surface area contributed by atoms with E-state index in [4.69, 9.17) is 25.8 Å². The first-order chi connectivity index (χ1) is 15.0. The summed E-state index contributed by atoms with van der Waals surface area (Å²) in [5.74, 6) is 0.881. The molecule has 0 aromatic heterocycles. The van der Waals surface area contributed by atoms with Gasteiger partial charge in [-0.1, -0.05) is 41.4 Å². The molecule has 6 heteroatoms. The molecule has 0 aliphatic heterocycles. The van der Waals surface area contributed by atoms with Crippen LogP contribution in [0.15, 0.2) is 60.7 Å². The summed E-state index contributed by atoms with van der Waals surface area (Å²) in [6.45, 7) is 5.10. The van der Waals surface area contributed by atoms with E-state index in [1.165, 1.54) is 5.56 Å². The lowest BCUT2D eigenvalue weighted by atomic mass is 10.1. The van der Waals surface area contributed by atoms with Crippen LogP contribution in [0.25, 0.3) is 0 Å². The molecule has 0 heterocycles. The number of nitrogens with one attached hydrogen (secondary N) is 1. The fourth-order valence-corrected chi connectivity index (χ4v) is 3.30. The third-order valence-corrected chi connectivity index (χ3v) is 5.04. The smallest absolute Gasteiger partial charge is 0.338 e. The number of aryl methyl sites for hydroxylation is 1. The van der Waals surface area contributed by atoms with Gasteiger partial charge in [0.15, 0.2) is 11.5 Å². The Morgan fingerprint density at radius 2 is 1.81 bits per heavy atom. The fourth-order valence-electron chi connectivity index (χ4n) is 3.08. The summed E-state index contributed by atoms with van der Waals surface area (Å²) in [6, 6.07) is 18.9. The number of anilines is 1. The monoisotopic (exact) mass is 439 g/mol. The largest absolute Gasteiger partial charge is 0.493 e. The molecule has 0 fully saturated rings.